The average molecular weight is 1540 g/mol. The lowest BCUT2D eigenvalue weighted by Gasteiger charge is -2.11. The largest absolute Gasteiger partial charge is 0.254 e. The SMILES string of the molecule is c1ccc(-c2cc(-c3ccc(-c4ccc(-c5ccc(-c6nc(-c7ccccc7)cc(-c7ccccc7)n6)cc5)cc4)cn3)nc(-c3cccc(-c4ccccc4)n3)c2)cc1.c1ccc(-c2ccc(-c3cc(-c4ccccc4)cc(-c4ccc(-c5ccc(-c6ccc(-c7nc(-c8ccccc8)cc(-c8ccccc8)n7)cc6)cc5)cn4)n3)nc2)cc1. The van der Waals surface area contributed by atoms with Gasteiger partial charge >= 0.3 is 0 Å². The smallest absolute Gasteiger partial charge is 0.160 e. The monoisotopic (exact) mass is 1530 g/mol. The summed E-state index contributed by atoms with van der Waals surface area (Å²) in [6, 6.07) is 148. The third-order valence-electron chi connectivity index (χ3n) is 21.3. The van der Waals surface area contributed by atoms with Crippen LogP contribution in [0.3, 0.4) is 0 Å². The van der Waals surface area contributed by atoms with Crippen molar-refractivity contribution in [2.75, 3.05) is 0 Å². The van der Waals surface area contributed by atoms with Gasteiger partial charge in [-0.3, -0.25) is 15.0 Å². The van der Waals surface area contributed by atoms with E-state index in [4.69, 9.17) is 49.8 Å². The van der Waals surface area contributed by atoms with Gasteiger partial charge in [0, 0.05) is 74.2 Å². The molecule has 0 amide bonds. The zero-order valence-corrected chi connectivity index (χ0v) is 65.2. The molecule has 0 bridgehead atoms. The highest BCUT2D eigenvalue weighted by Crippen LogP contribution is 2.38. The lowest BCUT2D eigenvalue weighted by atomic mass is 9.99. The molecule has 0 atom stereocenters. The number of benzene rings is 12. The number of hydrogen-bond donors (Lipinski definition) is 0. The van der Waals surface area contributed by atoms with E-state index in [1.54, 1.807) is 0 Å². The fourth-order valence-electron chi connectivity index (χ4n) is 14.8. The first-order valence-electron chi connectivity index (χ1n) is 40.0. The average Bonchev–Trinajstić information content (AvgIpc) is 0.803. The van der Waals surface area contributed by atoms with Crippen LogP contribution in [-0.4, -0.2) is 49.8 Å². The number of aromatic nitrogens is 10. The molecule has 0 aliphatic rings. The van der Waals surface area contributed by atoms with Gasteiger partial charge in [-0.2, -0.15) is 0 Å². The number of hydrogen-bond acceptors (Lipinski definition) is 10. The fraction of sp³-hybridized carbons (Fsp3) is 0. The number of pyridine rings is 6. The van der Waals surface area contributed by atoms with E-state index in [9.17, 15) is 0 Å². The molecule has 8 heterocycles. The van der Waals surface area contributed by atoms with Crippen molar-refractivity contribution >= 4 is 0 Å². The molecule has 120 heavy (non-hydrogen) atoms. The van der Waals surface area contributed by atoms with E-state index in [0.717, 1.165) is 191 Å². The summed E-state index contributed by atoms with van der Waals surface area (Å²) in [6.45, 7) is 0. The van der Waals surface area contributed by atoms with Crippen LogP contribution >= 0.6 is 0 Å². The van der Waals surface area contributed by atoms with Gasteiger partial charge in [0.15, 0.2) is 11.6 Å². The maximum atomic E-state index is 5.11. The first-order valence-corrected chi connectivity index (χ1v) is 40.0. The maximum Gasteiger partial charge on any atom is 0.160 e. The van der Waals surface area contributed by atoms with Gasteiger partial charge in [-0.1, -0.05) is 364 Å². The maximum absolute atomic E-state index is 5.11. The quantitative estimate of drug-likeness (QED) is 0.0819. The van der Waals surface area contributed by atoms with Crippen LogP contribution < -0.4 is 0 Å². The fourth-order valence-corrected chi connectivity index (χ4v) is 14.8. The molecule has 20 aromatic rings. The van der Waals surface area contributed by atoms with Crippen LogP contribution in [0, 0.1) is 0 Å². The van der Waals surface area contributed by atoms with Crippen LogP contribution in [0.15, 0.2) is 449 Å². The summed E-state index contributed by atoms with van der Waals surface area (Å²) in [7, 11) is 0. The second-order valence-corrected chi connectivity index (χ2v) is 29.1. The Labute approximate surface area is 697 Å². The Bertz CT molecular complexity index is 6760. The van der Waals surface area contributed by atoms with Gasteiger partial charge in [-0.15, -0.1) is 0 Å². The van der Waals surface area contributed by atoms with Crippen LogP contribution in [0.4, 0.5) is 0 Å². The van der Waals surface area contributed by atoms with Gasteiger partial charge in [0.25, 0.3) is 0 Å². The number of nitrogens with zero attached hydrogens (tertiary/aromatic N) is 10. The minimum Gasteiger partial charge on any atom is -0.254 e. The number of rotatable bonds is 18. The first-order chi connectivity index (χ1) is 59.4. The molecular weight excluding hydrogens is 1460 g/mol. The van der Waals surface area contributed by atoms with E-state index >= 15 is 0 Å². The minimum atomic E-state index is 0.695. The third-order valence-corrected chi connectivity index (χ3v) is 21.3. The van der Waals surface area contributed by atoms with Crippen LogP contribution in [0.1, 0.15) is 0 Å². The van der Waals surface area contributed by atoms with Gasteiger partial charge in [-0.05, 0) is 128 Å². The molecule has 0 fully saturated rings. The normalized spacial score (nSPS) is 11.0. The standard InChI is InChI=1S/2C55H37N5/c1-5-14-38(15-6-1)47-34-53(58-54(35-47)50-23-13-22-48(57-50)42-16-7-2-8-17-42)49-33-32-46(37-56-49)41-26-24-39(25-27-41)40-28-30-45(31-29-40)55-59-51(43-18-9-3-10-19-43)36-52(60-55)44-20-11-4-12-21-44;1-5-13-38(14-6-1)46-29-31-49(56-36-46)53-33-48(39-15-7-2-8-16-39)34-54(58-53)50-32-30-47(37-57-50)42-23-21-40(22-24-42)41-25-27-45(28-26-41)55-59-51(43-17-9-3-10-18-43)35-52(60-55)44-19-11-4-12-20-44/h2*1-37H. The highest BCUT2D eigenvalue weighted by atomic mass is 14.9. The summed E-state index contributed by atoms with van der Waals surface area (Å²) in [5.74, 6) is 1.39. The second kappa shape index (κ2) is 34.4. The van der Waals surface area contributed by atoms with Gasteiger partial charge in [0.1, 0.15) is 0 Å². The summed E-state index contributed by atoms with van der Waals surface area (Å²) >= 11 is 0. The van der Waals surface area contributed by atoms with Crippen LogP contribution in [-0.2, 0) is 0 Å². The Kier molecular flexibility index (Phi) is 21.2. The third kappa shape index (κ3) is 16.8. The predicted octanol–water partition coefficient (Wildman–Crippen LogP) is 27.3. The topological polar surface area (TPSA) is 129 Å². The Balaban J connectivity index is 0.000000159. The molecule has 0 radical (unpaired) electrons. The molecule has 0 aliphatic heterocycles. The highest BCUT2D eigenvalue weighted by Gasteiger charge is 2.19. The van der Waals surface area contributed by atoms with Gasteiger partial charge in [0.2, 0.25) is 0 Å². The molecule has 0 saturated carbocycles. The highest BCUT2D eigenvalue weighted by molar-refractivity contribution is 5.82. The molecule has 0 saturated heterocycles. The van der Waals surface area contributed by atoms with Crippen molar-refractivity contribution in [3.8, 4) is 203 Å². The molecule has 564 valence electrons. The van der Waals surface area contributed by atoms with Gasteiger partial charge < -0.3 is 0 Å². The molecular formula is C110H74N10. The zero-order chi connectivity index (χ0) is 80.2. The van der Waals surface area contributed by atoms with E-state index in [1.807, 2.05) is 170 Å². The summed E-state index contributed by atoms with van der Waals surface area (Å²) < 4.78 is 0. The Morgan fingerprint density at radius 3 is 0.567 bits per heavy atom. The molecule has 10 nitrogen and oxygen atoms in total. The van der Waals surface area contributed by atoms with Crippen molar-refractivity contribution in [2.24, 2.45) is 0 Å². The van der Waals surface area contributed by atoms with Gasteiger partial charge in [-0.25, -0.2) is 34.9 Å². The lowest BCUT2D eigenvalue weighted by molar-refractivity contribution is 1.18. The molecule has 10 heteroatoms. The van der Waals surface area contributed by atoms with Gasteiger partial charge in [0.05, 0.1) is 74.0 Å². The zero-order valence-electron chi connectivity index (χ0n) is 65.2. The minimum absolute atomic E-state index is 0.695. The summed E-state index contributed by atoms with van der Waals surface area (Å²) in [4.78, 5) is 49.9. The predicted molar refractivity (Wildman–Crippen MR) is 489 cm³/mol. The molecule has 0 aliphatic carbocycles. The van der Waals surface area contributed by atoms with E-state index in [2.05, 4.69) is 279 Å². The summed E-state index contributed by atoms with van der Waals surface area (Å²) in [6.07, 6.45) is 5.77. The van der Waals surface area contributed by atoms with Crippen LogP contribution in [0.25, 0.3) is 203 Å². The van der Waals surface area contributed by atoms with E-state index < -0.39 is 0 Å². The van der Waals surface area contributed by atoms with E-state index in [-0.39, 0.29) is 0 Å². The molecule has 0 N–H and O–H groups in total. The van der Waals surface area contributed by atoms with Crippen molar-refractivity contribution in [2.45, 2.75) is 0 Å². The summed E-state index contributed by atoms with van der Waals surface area (Å²) in [5, 5.41) is 0. The van der Waals surface area contributed by atoms with E-state index in [1.165, 1.54) is 0 Å². The Morgan fingerprint density at radius 1 is 0.100 bits per heavy atom. The van der Waals surface area contributed by atoms with Crippen molar-refractivity contribution in [3.63, 3.8) is 0 Å². The molecule has 12 aromatic carbocycles. The molecule has 20 rings (SSSR count). The van der Waals surface area contributed by atoms with Crippen molar-refractivity contribution in [1.82, 2.24) is 49.8 Å². The van der Waals surface area contributed by atoms with Crippen LogP contribution in [0.2, 0.25) is 0 Å². The molecule has 0 spiro atoms. The first kappa shape index (κ1) is 73.8. The summed E-state index contributed by atoms with van der Waals surface area (Å²) in [5.41, 5.74) is 33.3. The second-order valence-electron chi connectivity index (χ2n) is 29.1. The van der Waals surface area contributed by atoms with Crippen molar-refractivity contribution in [1.29, 1.82) is 0 Å². The van der Waals surface area contributed by atoms with Crippen molar-refractivity contribution in [3.05, 3.63) is 449 Å². The Morgan fingerprint density at radius 2 is 0.300 bits per heavy atom. The molecule has 0 unspecified atom stereocenters. The van der Waals surface area contributed by atoms with Crippen molar-refractivity contribution < 1.29 is 0 Å². The van der Waals surface area contributed by atoms with E-state index in [0.29, 0.717) is 11.6 Å². The lowest BCUT2D eigenvalue weighted by Crippen LogP contribution is -1.96. The van der Waals surface area contributed by atoms with Crippen LogP contribution in [0.5, 0.6) is 0 Å². The molecule has 8 aromatic heterocycles. The Hall–Kier alpha value is -16.3.